The zero-order valence-electron chi connectivity index (χ0n) is 17.0. The summed E-state index contributed by atoms with van der Waals surface area (Å²) in [6.07, 6.45) is 0. The highest BCUT2D eigenvalue weighted by Gasteiger charge is 2.19. The zero-order valence-corrected chi connectivity index (χ0v) is 17.0. The van der Waals surface area contributed by atoms with E-state index < -0.39 is 6.04 Å². The maximum Gasteiger partial charge on any atom is 0.252 e. The van der Waals surface area contributed by atoms with Crippen molar-refractivity contribution < 1.29 is 14.3 Å². The Morgan fingerprint density at radius 1 is 0.774 bits per heavy atom. The molecule has 0 fully saturated rings. The number of rotatable bonds is 6. The molecule has 0 aliphatic heterocycles. The van der Waals surface area contributed by atoms with Gasteiger partial charge in [-0.15, -0.1) is 0 Å². The van der Waals surface area contributed by atoms with Crippen LogP contribution in [0.1, 0.15) is 17.3 Å². The van der Waals surface area contributed by atoms with Crippen molar-refractivity contribution in [1.29, 1.82) is 0 Å². The Balaban J connectivity index is 1.46. The summed E-state index contributed by atoms with van der Waals surface area (Å²) in [6, 6.07) is 29.0. The number of anilines is 1. The van der Waals surface area contributed by atoms with E-state index in [9.17, 15) is 9.59 Å². The Labute approximate surface area is 180 Å². The zero-order chi connectivity index (χ0) is 21.6. The molecule has 154 valence electrons. The Hall–Kier alpha value is -4.12. The molecule has 4 aromatic carbocycles. The molecule has 0 saturated carbocycles. The SMILES string of the molecule is CC(NC(=O)c1cccc2ccccc12)C(=O)Nc1ccccc1Oc1ccccc1. The van der Waals surface area contributed by atoms with Gasteiger partial charge in [0, 0.05) is 5.56 Å². The molecular formula is C26H22N2O3. The lowest BCUT2D eigenvalue weighted by molar-refractivity contribution is -0.117. The van der Waals surface area contributed by atoms with Crippen molar-refractivity contribution in [3.63, 3.8) is 0 Å². The lowest BCUT2D eigenvalue weighted by Gasteiger charge is -2.17. The summed E-state index contributed by atoms with van der Waals surface area (Å²) < 4.78 is 5.89. The molecule has 0 spiro atoms. The molecule has 0 radical (unpaired) electrons. The highest BCUT2D eigenvalue weighted by atomic mass is 16.5. The summed E-state index contributed by atoms with van der Waals surface area (Å²) in [5.41, 5.74) is 1.06. The quantitative estimate of drug-likeness (QED) is 0.448. The molecule has 5 heteroatoms. The molecule has 2 N–H and O–H groups in total. The molecule has 0 aliphatic carbocycles. The van der Waals surface area contributed by atoms with E-state index in [4.69, 9.17) is 4.74 Å². The summed E-state index contributed by atoms with van der Waals surface area (Å²) >= 11 is 0. The topological polar surface area (TPSA) is 67.4 Å². The van der Waals surface area contributed by atoms with Crippen LogP contribution in [-0.2, 0) is 4.79 Å². The van der Waals surface area contributed by atoms with Gasteiger partial charge in [-0.05, 0) is 48.0 Å². The van der Waals surface area contributed by atoms with Gasteiger partial charge in [0.25, 0.3) is 5.91 Å². The number of benzene rings is 4. The molecule has 0 aromatic heterocycles. The fourth-order valence-corrected chi connectivity index (χ4v) is 3.28. The number of amides is 2. The van der Waals surface area contributed by atoms with Crippen LogP contribution in [0.5, 0.6) is 11.5 Å². The third kappa shape index (κ3) is 4.73. The molecule has 0 aliphatic rings. The minimum absolute atomic E-state index is 0.298. The van der Waals surface area contributed by atoms with Crippen LogP contribution >= 0.6 is 0 Å². The van der Waals surface area contributed by atoms with E-state index in [0.29, 0.717) is 22.7 Å². The molecule has 1 atom stereocenters. The number of hydrogen-bond acceptors (Lipinski definition) is 3. The van der Waals surface area contributed by atoms with Crippen LogP contribution in [0.2, 0.25) is 0 Å². The van der Waals surface area contributed by atoms with E-state index in [1.807, 2.05) is 78.9 Å². The number of carbonyl (C=O) groups excluding carboxylic acids is 2. The summed E-state index contributed by atoms with van der Waals surface area (Å²) in [7, 11) is 0. The van der Waals surface area contributed by atoms with Crippen molar-refractivity contribution in [3.05, 3.63) is 103 Å². The first-order valence-corrected chi connectivity index (χ1v) is 10.0. The lowest BCUT2D eigenvalue weighted by Crippen LogP contribution is -2.41. The average Bonchev–Trinajstić information content (AvgIpc) is 2.80. The van der Waals surface area contributed by atoms with Crippen molar-refractivity contribution in [2.24, 2.45) is 0 Å². The second kappa shape index (κ2) is 9.13. The van der Waals surface area contributed by atoms with Gasteiger partial charge in [0.15, 0.2) is 5.75 Å². The largest absolute Gasteiger partial charge is 0.455 e. The summed E-state index contributed by atoms with van der Waals surface area (Å²) in [6.45, 7) is 1.65. The standard InChI is InChI=1S/C26H22N2O3/c1-18(27-26(30)22-15-9-11-19-10-5-6-14-21(19)22)25(29)28-23-16-7-8-17-24(23)31-20-12-3-2-4-13-20/h2-18H,1H3,(H,27,30)(H,28,29). The first-order chi connectivity index (χ1) is 15.1. The van der Waals surface area contributed by atoms with Crippen LogP contribution in [0.15, 0.2) is 97.1 Å². The number of hydrogen-bond donors (Lipinski definition) is 2. The Morgan fingerprint density at radius 2 is 1.45 bits per heavy atom. The van der Waals surface area contributed by atoms with Gasteiger partial charge in [0.2, 0.25) is 5.91 Å². The van der Waals surface area contributed by atoms with Gasteiger partial charge < -0.3 is 15.4 Å². The van der Waals surface area contributed by atoms with Gasteiger partial charge in [0.05, 0.1) is 5.69 Å². The van der Waals surface area contributed by atoms with Gasteiger partial charge in [-0.2, -0.15) is 0 Å². The minimum atomic E-state index is -0.740. The molecule has 4 rings (SSSR count). The van der Waals surface area contributed by atoms with Crippen molar-refractivity contribution in [3.8, 4) is 11.5 Å². The smallest absolute Gasteiger partial charge is 0.252 e. The molecule has 31 heavy (non-hydrogen) atoms. The van der Waals surface area contributed by atoms with Crippen molar-refractivity contribution >= 4 is 28.3 Å². The van der Waals surface area contributed by atoms with Gasteiger partial charge in [-0.25, -0.2) is 0 Å². The van der Waals surface area contributed by atoms with Crippen LogP contribution in [-0.4, -0.2) is 17.9 Å². The number of para-hydroxylation sites is 3. The fraction of sp³-hybridized carbons (Fsp3) is 0.0769. The summed E-state index contributed by atoms with van der Waals surface area (Å²) in [5.74, 6) is 0.558. The first-order valence-electron chi connectivity index (χ1n) is 10.0. The van der Waals surface area contributed by atoms with Crippen LogP contribution in [0.3, 0.4) is 0 Å². The second-order valence-electron chi connectivity index (χ2n) is 7.12. The third-order valence-corrected chi connectivity index (χ3v) is 4.89. The summed E-state index contributed by atoms with van der Waals surface area (Å²) in [5, 5.41) is 7.45. The van der Waals surface area contributed by atoms with Crippen LogP contribution in [0.25, 0.3) is 10.8 Å². The van der Waals surface area contributed by atoms with E-state index in [2.05, 4.69) is 10.6 Å². The van der Waals surface area contributed by atoms with Crippen molar-refractivity contribution in [1.82, 2.24) is 5.32 Å². The van der Waals surface area contributed by atoms with Crippen LogP contribution in [0.4, 0.5) is 5.69 Å². The number of nitrogens with one attached hydrogen (secondary N) is 2. The number of ether oxygens (including phenoxy) is 1. The molecular weight excluding hydrogens is 388 g/mol. The van der Waals surface area contributed by atoms with E-state index in [1.54, 1.807) is 25.1 Å². The van der Waals surface area contributed by atoms with Crippen molar-refractivity contribution in [2.45, 2.75) is 13.0 Å². The second-order valence-corrected chi connectivity index (χ2v) is 7.12. The van der Waals surface area contributed by atoms with Gasteiger partial charge in [-0.1, -0.05) is 66.7 Å². The minimum Gasteiger partial charge on any atom is -0.455 e. The van der Waals surface area contributed by atoms with Crippen LogP contribution < -0.4 is 15.4 Å². The molecule has 0 saturated heterocycles. The Bertz CT molecular complexity index is 1220. The predicted molar refractivity (Wildman–Crippen MR) is 122 cm³/mol. The maximum atomic E-state index is 12.8. The Kier molecular flexibility index (Phi) is 5.94. The molecule has 5 nitrogen and oxygen atoms in total. The monoisotopic (exact) mass is 410 g/mol. The van der Waals surface area contributed by atoms with Crippen molar-refractivity contribution in [2.75, 3.05) is 5.32 Å². The van der Waals surface area contributed by atoms with Gasteiger partial charge in [0.1, 0.15) is 11.8 Å². The van der Waals surface area contributed by atoms with Gasteiger partial charge >= 0.3 is 0 Å². The van der Waals surface area contributed by atoms with E-state index >= 15 is 0 Å². The lowest BCUT2D eigenvalue weighted by atomic mass is 10.0. The molecule has 0 heterocycles. The molecule has 2 amide bonds. The molecule has 0 bridgehead atoms. The first kappa shape index (κ1) is 20.2. The van der Waals surface area contributed by atoms with E-state index in [1.165, 1.54) is 0 Å². The maximum absolute atomic E-state index is 12.8. The third-order valence-electron chi connectivity index (χ3n) is 4.89. The molecule has 4 aromatic rings. The van der Waals surface area contributed by atoms with E-state index in [0.717, 1.165) is 10.8 Å². The van der Waals surface area contributed by atoms with Gasteiger partial charge in [-0.3, -0.25) is 9.59 Å². The normalized spacial score (nSPS) is 11.5. The predicted octanol–water partition coefficient (Wildman–Crippen LogP) is 5.39. The average molecular weight is 410 g/mol. The fourth-order valence-electron chi connectivity index (χ4n) is 3.28. The number of carbonyl (C=O) groups is 2. The number of fused-ring (bicyclic) bond motifs is 1. The van der Waals surface area contributed by atoms with Crippen LogP contribution in [0, 0.1) is 0 Å². The Morgan fingerprint density at radius 3 is 2.29 bits per heavy atom. The summed E-state index contributed by atoms with van der Waals surface area (Å²) in [4.78, 5) is 25.6. The highest BCUT2D eigenvalue weighted by Crippen LogP contribution is 2.29. The highest BCUT2D eigenvalue weighted by molar-refractivity contribution is 6.09. The van der Waals surface area contributed by atoms with E-state index in [-0.39, 0.29) is 11.8 Å². The molecule has 1 unspecified atom stereocenters.